The Labute approximate surface area is 120 Å². The van der Waals surface area contributed by atoms with Crippen LogP contribution in [0.15, 0.2) is 18.2 Å². The molecule has 0 aromatic heterocycles. The van der Waals surface area contributed by atoms with E-state index in [2.05, 4.69) is 18.7 Å². The lowest BCUT2D eigenvalue weighted by molar-refractivity contribution is 0.351. The molecular weight excluding hydrogens is 261 g/mol. The largest absolute Gasteiger partial charge is 0.371 e. The summed E-state index contributed by atoms with van der Waals surface area (Å²) in [4.78, 5) is 2.31. The second-order valence-corrected chi connectivity index (χ2v) is 6.14. The zero-order valence-electron chi connectivity index (χ0n) is 11.8. The van der Waals surface area contributed by atoms with Gasteiger partial charge >= 0.3 is 0 Å². The van der Waals surface area contributed by atoms with E-state index in [1.807, 2.05) is 6.07 Å². The topological polar surface area (TPSA) is 3.24 Å². The van der Waals surface area contributed by atoms with Gasteiger partial charge in [-0.05, 0) is 54.9 Å². The summed E-state index contributed by atoms with van der Waals surface area (Å²) >= 11 is 5.82. The van der Waals surface area contributed by atoms with Gasteiger partial charge in [0, 0.05) is 24.7 Å². The van der Waals surface area contributed by atoms with E-state index in [-0.39, 0.29) is 5.82 Å². The van der Waals surface area contributed by atoms with Gasteiger partial charge in [0.15, 0.2) is 0 Å². The molecule has 1 nitrogen and oxygen atoms in total. The minimum Gasteiger partial charge on any atom is -0.371 e. The van der Waals surface area contributed by atoms with Crippen LogP contribution in [0.5, 0.6) is 0 Å². The summed E-state index contributed by atoms with van der Waals surface area (Å²) in [5.41, 5.74) is 1.85. The van der Waals surface area contributed by atoms with E-state index < -0.39 is 0 Å². The van der Waals surface area contributed by atoms with Gasteiger partial charge in [-0.3, -0.25) is 0 Å². The van der Waals surface area contributed by atoms with Crippen molar-refractivity contribution in [2.75, 3.05) is 18.0 Å². The van der Waals surface area contributed by atoms with Crippen LogP contribution in [0.1, 0.15) is 38.7 Å². The van der Waals surface area contributed by atoms with Gasteiger partial charge in [0.05, 0.1) is 0 Å². The molecule has 1 aliphatic rings. The van der Waals surface area contributed by atoms with Crippen molar-refractivity contribution in [3.63, 3.8) is 0 Å². The maximum Gasteiger partial charge on any atom is 0.125 e. The zero-order chi connectivity index (χ0) is 13.8. The Kier molecular flexibility index (Phi) is 5.09. The molecule has 1 aliphatic heterocycles. The van der Waals surface area contributed by atoms with E-state index in [0.29, 0.717) is 5.88 Å². The highest BCUT2D eigenvalue weighted by Gasteiger charge is 2.20. The number of benzene rings is 1. The van der Waals surface area contributed by atoms with Gasteiger partial charge < -0.3 is 4.90 Å². The van der Waals surface area contributed by atoms with Crippen molar-refractivity contribution in [2.24, 2.45) is 11.8 Å². The molecule has 3 heteroatoms. The molecule has 2 rings (SSSR count). The molecule has 0 N–H and O–H groups in total. The summed E-state index contributed by atoms with van der Waals surface area (Å²) in [5.74, 6) is 1.72. The summed E-state index contributed by atoms with van der Waals surface area (Å²) in [5, 5.41) is 0. The average Bonchev–Trinajstić information content (AvgIpc) is 2.63. The van der Waals surface area contributed by atoms with Crippen LogP contribution < -0.4 is 4.90 Å². The van der Waals surface area contributed by atoms with Gasteiger partial charge in [0.2, 0.25) is 0 Å². The molecule has 1 unspecified atom stereocenters. The van der Waals surface area contributed by atoms with Crippen molar-refractivity contribution in [1.82, 2.24) is 0 Å². The van der Waals surface area contributed by atoms with Crippen molar-refractivity contribution in [2.45, 2.75) is 39.0 Å². The molecule has 1 saturated heterocycles. The Bertz CT molecular complexity index is 419. The molecule has 1 aromatic carbocycles. The quantitative estimate of drug-likeness (QED) is 0.719. The molecule has 19 heavy (non-hydrogen) atoms. The summed E-state index contributed by atoms with van der Waals surface area (Å²) in [6.45, 7) is 6.64. The molecule has 1 aromatic rings. The Hall–Kier alpha value is -0.760. The monoisotopic (exact) mass is 283 g/mol. The van der Waals surface area contributed by atoms with E-state index in [4.69, 9.17) is 11.6 Å². The molecule has 0 radical (unpaired) electrons. The molecular formula is C16H23ClFN. The van der Waals surface area contributed by atoms with Crippen LogP contribution in [0.25, 0.3) is 0 Å². The van der Waals surface area contributed by atoms with Crippen molar-refractivity contribution in [3.8, 4) is 0 Å². The fraction of sp³-hybridized carbons (Fsp3) is 0.625. The highest BCUT2D eigenvalue weighted by Crippen LogP contribution is 2.28. The van der Waals surface area contributed by atoms with Crippen LogP contribution in [0, 0.1) is 17.7 Å². The number of hydrogen-bond acceptors (Lipinski definition) is 1. The zero-order valence-corrected chi connectivity index (χ0v) is 12.6. The van der Waals surface area contributed by atoms with Crippen LogP contribution in [0.4, 0.5) is 10.1 Å². The Morgan fingerprint density at radius 3 is 2.74 bits per heavy atom. The number of rotatable bonds is 3. The SMILES string of the molecule is CC(C)C1CCCN(c2cc(F)cc(CCl)c2)CC1. The van der Waals surface area contributed by atoms with Crippen LogP contribution >= 0.6 is 11.6 Å². The van der Waals surface area contributed by atoms with Crippen molar-refractivity contribution in [1.29, 1.82) is 0 Å². The second-order valence-electron chi connectivity index (χ2n) is 5.87. The molecule has 106 valence electrons. The number of nitrogens with zero attached hydrogens (tertiary/aromatic N) is 1. The lowest BCUT2D eigenvalue weighted by Crippen LogP contribution is -2.24. The highest BCUT2D eigenvalue weighted by atomic mass is 35.5. The molecule has 0 saturated carbocycles. The van der Waals surface area contributed by atoms with Crippen LogP contribution in [0.2, 0.25) is 0 Å². The van der Waals surface area contributed by atoms with E-state index in [1.165, 1.54) is 25.3 Å². The minimum atomic E-state index is -0.183. The summed E-state index contributed by atoms with van der Waals surface area (Å²) < 4.78 is 13.6. The van der Waals surface area contributed by atoms with Gasteiger partial charge in [-0.2, -0.15) is 0 Å². The van der Waals surface area contributed by atoms with Gasteiger partial charge in [-0.1, -0.05) is 13.8 Å². The molecule has 1 heterocycles. The van der Waals surface area contributed by atoms with Crippen molar-refractivity contribution >= 4 is 17.3 Å². The normalized spacial score (nSPS) is 20.7. The first-order chi connectivity index (χ1) is 9.10. The number of alkyl halides is 1. The van der Waals surface area contributed by atoms with Crippen LogP contribution in [-0.2, 0) is 5.88 Å². The average molecular weight is 284 g/mol. The lowest BCUT2D eigenvalue weighted by atomic mass is 9.89. The number of anilines is 1. The van der Waals surface area contributed by atoms with Crippen LogP contribution in [0.3, 0.4) is 0 Å². The van der Waals surface area contributed by atoms with E-state index in [0.717, 1.165) is 36.2 Å². The van der Waals surface area contributed by atoms with E-state index >= 15 is 0 Å². The van der Waals surface area contributed by atoms with Crippen molar-refractivity contribution in [3.05, 3.63) is 29.6 Å². The third kappa shape index (κ3) is 3.85. The Balaban J connectivity index is 2.11. The first-order valence-corrected chi connectivity index (χ1v) is 7.74. The predicted octanol–water partition coefficient (Wildman–Crippen LogP) is 4.83. The summed E-state index contributed by atoms with van der Waals surface area (Å²) in [6, 6.07) is 5.17. The maximum atomic E-state index is 13.6. The highest BCUT2D eigenvalue weighted by molar-refractivity contribution is 6.17. The van der Waals surface area contributed by atoms with E-state index in [9.17, 15) is 4.39 Å². The smallest absolute Gasteiger partial charge is 0.125 e. The van der Waals surface area contributed by atoms with Crippen molar-refractivity contribution < 1.29 is 4.39 Å². The minimum absolute atomic E-state index is 0.183. The third-order valence-electron chi connectivity index (χ3n) is 4.18. The summed E-state index contributed by atoms with van der Waals surface area (Å²) in [7, 11) is 0. The molecule has 1 fully saturated rings. The molecule has 0 bridgehead atoms. The first kappa shape index (κ1) is 14.6. The standard InChI is InChI=1S/C16H23ClFN/c1-12(2)14-4-3-6-19(7-5-14)16-9-13(11-17)8-15(18)10-16/h8-10,12,14H,3-7,11H2,1-2H3. The fourth-order valence-electron chi connectivity index (χ4n) is 2.94. The van der Waals surface area contributed by atoms with Gasteiger partial charge in [-0.15, -0.1) is 11.6 Å². The summed E-state index contributed by atoms with van der Waals surface area (Å²) in [6.07, 6.45) is 3.67. The first-order valence-electron chi connectivity index (χ1n) is 7.20. The number of hydrogen-bond donors (Lipinski definition) is 0. The predicted molar refractivity (Wildman–Crippen MR) is 80.3 cm³/mol. The third-order valence-corrected chi connectivity index (χ3v) is 4.49. The Morgan fingerprint density at radius 2 is 2.05 bits per heavy atom. The number of halogens is 2. The fourth-order valence-corrected chi connectivity index (χ4v) is 3.09. The Morgan fingerprint density at radius 1 is 1.26 bits per heavy atom. The molecule has 0 amide bonds. The molecule has 0 aliphatic carbocycles. The maximum absolute atomic E-state index is 13.6. The van der Waals surface area contributed by atoms with Crippen LogP contribution in [-0.4, -0.2) is 13.1 Å². The molecule has 1 atom stereocenters. The van der Waals surface area contributed by atoms with Gasteiger partial charge in [-0.25, -0.2) is 4.39 Å². The van der Waals surface area contributed by atoms with E-state index in [1.54, 1.807) is 6.07 Å². The second kappa shape index (κ2) is 6.60. The van der Waals surface area contributed by atoms with Gasteiger partial charge in [0.1, 0.15) is 5.82 Å². The molecule has 0 spiro atoms. The van der Waals surface area contributed by atoms with Gasteiger partial charge in [0.25, 0.3) is 0 Å². The lowest BCUT2D eigenvalue weighted by Gasteiger charge is -2.24.